The molecule has 0 fully saturated rings. The highest BCUT2D eigenvalue weighted by atomic mass is 35.5. The number of hydrazone groups is 1. The first-order chi connectivity index (χ1) is 10.5. The second-order valence-electron chi connectivity index (χ2n) is 4.62. The van der Waals surface area contributed by atoms with E-state index in [-0.39, 0.29) is 22.4 Å². The SMILES string of the molecule is CCc1ccc(C(=O)N/N=C/c2cc(O)c(O)c(Cl)c2)cc1. The molecule has 0 saturated heterocycles. The molecule has 2 aromatic carbocycles. The third-order valence-electron chi connectivity index (χ3n) is 3.07. The number of aromatic hydroxyl groups is 2. The molecule has 0 unspecified atom stereocenters. The Labute approximate surface area is 132 Å². The number of nitrogens with one attached hydrogen (secondary N) is 1. The van der Waals surface area contributed by atoms with Crippen LogP contribution >= 0.6 is 11.6 Å². The van der Waals surface area contributed by atoms with Crippen molar-refractivity contribution in [2.45, 2.75) is 13.3 Å². The zero-order valence-electron chi connectivity index (χ0n) is 11.9. The van der Waals surface area contributed by atoms with Crippen LogP contribution in [0.2, 0.25) is 5.02 Å². The van der Waals surface area contributed by atoms with E-state index in [2.05, 4.69) is 10.5 Å². The van der Waals surface area contributed by atoms with Gasteiger partial charge in [0, 0.05) is 5.56 Å². The first kappa shape index (κ1) is 15.9. The van der Waals surface area contributed by atoms with E-state index < -0.39 is 0 Å². The average Bonchev–Trinajstić information content (AvgIpc) is 2.52. The van der Waals surface area contributed by atoms with Crippen molar-refractivity contribution in [3.8, 4) is 11.5 Å². The summed E-state index contributed by atoms with van der Waals surface area (Å²) in [6, 6.07) is 9.93. The molecule has 5 nitrogen and oxygen atoms in total. The lowest BCUT2D eigenvalue weighted by molar-refractivity contribution is 0.0955. The predicted octanol–water partition coefficient (Wildman–Crippen LogP) is 3.08. The summed E-state index contributed by atoms with van der Waals surface area (Å²) in [5, 5.41) is 22.6. The normalized spacial score (nSPS) is 10.8. The fourth-order valence-corrected chi connectivity index (χ4v) is 2.02. The van der Waals surface area contributed by atoms with Gasteiger partial charge in [0.2, 0.25) is 0 Å². The molecule has 1 amide bonds. The smallest absolute Gasteiger partial charge is 0.271 e. The molecule has 0 saturated carbocycles. The van der Waals surface area contributed by atoms with Crippen LogP contribution in [0.4, 0.5) is 0 Å². The molecule has 0 aliphatic carbocycles. The van der Waals surface area contributed by atoms with Gasteiger partial charge in [0.1, 0.15) is 0 Å². The Morgan fingerprint density at radius 3 is 2.55 bits per heavy atom. The molecule has 0 radical (unpaired) electrons. The third kappa shape index (κ3) is 3.77. The fourth-order valence-electron chi connectivity index (χ4n) is 1.80. The van der Waals surface area contributed by atoms with Crippen LogP contribution in [-0.4, -0.2) is 22.3 Å². The highest BCUT2D eigenvalue weighted by Crippen LogP contribution is 2.33. The minimum Gasteiger partial charge on any atom is -0.504 e. The Kier molecular flexibility index (Phi) is 5.01. The molecule has 0 heterocycles. The Morgan fingerprint density at radius 1 is 1.27 bits per heavy atom. The van der Waals surface area contributed by atoms with Crippen molar-refractivity contribution in [1.82, 2.24) is 5.43 Å². The van der Waals surface area contributed by atoms with Gasteiger partial charge in [-0.25, -0.2) is 5.43 Å². The summed E-state index contributed by atoms with van der Waals surface area (Å²) in [4.78, 5) is 11.9. The van der Waals surface area contributed by atoms with Crippen LogP contribution in [0.15, 0.2) is 41.5 Å². The molecule has 0 bridgehead atoms. The summed E-state index contributed by atoms with van der Waals surface area (Å²) in [5.41, 5.74) is 4.48. The highest BCUT2D eigenvalue weighted by molar-refractivity contribution is 6.32. The van der Waals surface area contributed by atoms with Gasteiger partial charge in [-0.05, 0) is 41.8 Å². The van der Waals surface area contributed by atoms with E-state index in [1.54, 1.807) is 12.1 Å². The monoisotopic (exact) mass is 318 g/mol. The van der Waals surface area contributed by atoms with Gasteiger partial charge in [-0.15, -0.1) is 0 Å². The molecule has 0 atom stereocenters. The maximum absolute atomic E-state index is 11.9. The maximum Gasteiger partial charge on any atom is 0.271 e. The number of halogens is 1. The molecule has 2 rings (SSSR count). The molecule has 3 N–H and O–H groups in total. The molecular formula is C16H15ClN2O3. The van der Waals surface area contributed by atoms with Crippen LogP contribution in [0.1, 0.15) is 28.4 Å². The van der Waals surface area contributed by atoms with Gasteiger partial charge in [-0.1, -0.05) is 30.7 Å². The van der Waals surface area contributed by atoms with Crippen molar-refractivity contribution in [1.29, 1.82) is 0 Å². The fraction of sp³-hybridized carbons (Fsp3) is 0.125. The van der Waals surface area contributed by atoms with E-state index in [1.807, 2.05) is 19.1 Å². The summed E-state index contributed by atoms with van der Waals surface area (Å²) in [6.07, 6.45) is 2.23. The van der Waals surface area contributed by atoms with Gasteiger partial charge < -0.3 is 10.2 Å². The quantitative estimate of drug-likeness (QED) is 0.460. The maximum atomic E-state index is 11.9. The molecule has 0 aliphatic heterocycles. The number of phenolic OH excluding ortho intramolecular Hbond substituents is 2. The average molecular weight is 319 g/mol. The summed E-state index contributed by atoms with van der Waals surface area (Å²) >= 11 is 5.73. The first-order valence-electron chi connectivity index (χ1n) is 6.65. The predicted molar refractivity (Wildman–Crippen MR) is 85.7 cm³/mol. The van der Waals surface area contributed by atoms with Gasteiger partial charge in [0.05, 0.1) is 11.2 Å². The summed E-state index contributed by atoms with van der Waals surface area (Å²) in [7, 11) is 0. The first-order valence-corrected chi connectivity index (χ1v) is 7.03. The van der Waals surface area contributed by atoms with Gasteiger partial charge >= 0.3 is 0 Å². The largest absolute Gasteiger partial charge is 0.504 e. The molecule has 114 valence electrons. The van der Waals surface area contributed by atoms with Crippen molar-refractivity contribution in [3.63, 3.8) is 0 Å². The lowest BCUT2D eigenvalue weighted by atomic mass is 10.1. The van der Waals surface area contributed by atoms with Crippen molar-refractivity contribution in [2.24, 2.45) is 5.10 Å². The molecule has 6 heteroatoms. The number of phenols is 2. The topological polar surface area (TPSA) is 81.9 Å². The minimum atomic E-state index is -0.390. The number of hydrogen-bond donors (Lipinski definition) is 3. The summed E-state index contributed by atoms with van der Waals surface area (Å²) in [6.45, 7) is 2.04. The van der Waals surface area contributed by atoms with E-state index in [1.165, 1.54) is 18.3 Å². The number of aryl methyl sites for hydroxylation is 1. The van der Waals surface area contributed by atoms with Gasteiger partial charge in [0.25, 0.3) is 5.91 Å². The standard InChI is InChI=1S/C16H15ClN2O3/c1-2-10-3-5-12(6-4-10)16(22)19-18-9-11-7-13(17)15(21)14(20)8-11/h3-9,20-21H,2H2,1H3,(H,19,22)/b18-9+. The Balaban J connectivity index is 2.03. The van der Waals surface area contributed by atoms with Crippen molar-refractivity contribution in [2.75, 3.05) is 0 Å². The van der Waals surface area contributed by atoms with Crippen LogP contribution in [0.25, 0.3) is 0 Å². The summed E-state index contributed by atoms with van der Waals surface area (Å²) < 4.78 is 0. The van der Waals surface area contributed by atoms with E-state index >= 15 is 0 Å². The number of carbonyl (C=O) groups is 1. The van der Waals surface area contributed by atoms with Crippen molar-refractivity contribution < 1.29 is 15.0 Å². The van der Waals surface area contributed by atoms with Crippen LogP contribution in [-0.2, 0) is 6.42 Å². The van der Waals surface area contributed by atoms with Crippen LogP contribution in [0, 0.1) is 0 Å². The molecule has 22 heavy (non-hydrogen) atoms. The zero-order chi connectivity index (χ0) is 16.1. The van der Waals surface area contributed by atoms with Crippen LogP contribution < -0.4 is 5.43 Å². The Hall–Kier alpha value is -2.53. The molecule has 0 aliphatic rings. The molecule has 0 spiro atoms. The molecule has 2 aromatic rings. The lowest BCUT2D eigenvalue weighted by Gasteiger charge is -2.03. The van der Waals surface area contributed by atoms with Gasteiger partial charge in [-0.2, -0.15) is 5.10 Å². The number of rotatable bonds is 4. The van der Waals surface area contributed by atoms with E-state index in [0.29, 0.717) is 11.1 Å². The number of nitrogens with zero attached hydrogens (tertiary/aromatic N) is 1. The van der Waals surface area contributed by atoms with E-state index in [4.69, 9.17) is 11.6 Å². The van der Waals surface area contributed by atoms with Gasteiger partial charge in [0.15, 0.2) is 11.5 Å². The molecular weight excluding hydrogens is 304 g/mol. The summed E-state index contributed by atoms with van der Waals surface area (Å²) in [5.74, 6) is -1.08. The number of amides is 1. The number of benzene rings is 2. The van der Waals surface area contributed by atoms with E-state index in [9.17, 15) is 15.0 Å². The molecule has 0 aromatic heterocycles. The number of carbonyl (C=O) groups excluding carboxylic acids is 1. The Morgan fingerprint density at radius 2 is 1.95 bits per heavy atom. The zero-order valence-corrected chi connectivity index (χ0v) is 12.6. The van der Waals surface area contributed by atoms with Crippen molar-refractivity contribution >= 4 is 23.7 Å². The van der Waals surface area contributed by atoms with Gasteiger partial charge in [-0.3, -0.25) is 4.79 Å². The lowest BCUT2D eigenvalue weighted by Crippen LogP contribution is -2.17. The van der Waals surface area contributed by atoms with Crippen molar-refractivity contribution in [3.05, 3.63) is 58.1 Å². The van der Waals surface area contributed by atoms with Crippen LogP contribution in [0.5, 0.6) is 11.5 Å². The Bertz CT molecular complexity index is 689. The second kappa shape index (κ2) is 6.95. The minimum absolute atomic E-state index is 0.00271. The van der Waals surface area contributed by atoms with Crippen LogP contribution in [0.3, 0.4) is 0 Å². The number of hydrogen-bond acceptors (Lipinski definition) is 4. The second-order valence-corrected chi connectivity index (χ2v) is 5.03. The third-order valence-corrected chi connectivity index (χ3v) is 3.36. The highest BCUT2D eigenvalue weighted by Gasteiger charge is 2.06. The van der Waals surface area contributed by atoms with E-state index in [0.717, 1.165) is 12.0 Å².